The van der Waals surface area contributed by atoms with E-state index in [1.165, 1.54) is 22.3 Å². The lowest BCUT2D eigenvalue weighted by molar-refractivity contribution is -0.142. The molecule has 222 valence electrons. The van der Waals surface area contributed by atoms with Crippen LogP contribution in [0.1, 0.15) is 102 Å². The van der Waals surface area contributed by atoms with Gasteiger partial charge in [-0.3, -0.25) is 4.79 Å². The van der Waals surface area contributed by atoms with Crippen molar-refractivity contribution in [3.63, 3.8) is 0 Å². The predicted molar refractivity (Wildman–Crippen MR) is 162 cm³/mol. The zero-order valence-corrected chi connectivity index (χ0v) is 26.1. The van der Waals surface area contributed by atoms with Gasteiger partial charge in [-0.25, -0.2) is 4.79 Å². The summed E-state index contributed by atoms with van der Waals surface area (Å²) in [5.41, 5.74) is 5.62. The van der Waals surface area contributed by atoms with Gasteiger partial charge in [0.15, 0.2) is 6.61 Å². The van der Waals surface area contributed by atoms with Crippen molar-refractivity contribution < 1.29 is 24.5 Å². The largest absolute Gasteiger partial charge is 0.484 e. The van der Waals surface area contributed by atoms with E-state index in [1.54, 1.807) is 0 Å². The average Bonchev–Trinajstić information content (AvgIpc) is 2.87. The molecule has 0 saturated carbocycles. The number of aryl methyl sites for hydroxylation is 3. The third kappa shape index (κ3) is 8.57. The minimum Gasteiger partial charge on any atom is -0.484 e. The van der Waals surface area contributed by atoms with E-state index in [0.717, 1.165) is 31.2 Å². The molecule has 0 radical (unpaired) electrons. The van der Waals surface area contributed by atoms with Crippen molar-refractivity contribution in [2.75, 3.05) is 6.61 Å². The summed E-state index contributed by atoms with van der Waals surface area (Å²) >= 11 is 0. The van der Waals surface area contributed by atoms with Crippen LogP contribution in [0, 0.1) is 25.2 Å². The average molecular weight is 554 g/mol. The topological polar surface area (TPSA) is 95.9 Å². The maximum atomic E-state index is 12.4. The van der Waals surface area contributed by atoms with Crippen LogP contribution in [0.3, 0.4) is 0 Å². The molecule has 1 unspecified atom stereocenters. The molecule has 0 spiro atoms. The van der Waals surface area contributed by atoms with Gasteiger partial charge >= 0.3 is 5.97 Å². The van der Waals surface area contributed by atoms with Gasteiger partial charge in [0, 0.05) is 5.41 Å². The molecular weight excluding hydrogens is 502 g/mol. The second-order valence-electron chi connectivity index (χ2n) is 12.7. The number of nitrogens with one attached hydrogen (secondary N) is 1. The number of aliphatic hydroxyl groups excluding tert-OH is 1. The normalized spacial score (nSPS) is 13.7. The van der Waals surface area contributed by atoms with Crippen LogP contribution in [0.25, 0.3) is 0 Å². The highest BCUT2D eigenvalue weighted by Gasteiger charge is 2.32. The second-order valence-corrected chi connectivity index (χ2v) is 12.7. The fourth-order valence-corrected chi connectivity index (χ4v) is 5.41. The Labute approximate surface area is 241 Å². The molecule has 2 atom stereocenters. The van der Waals surface area contributed by atoms with E-state index in [4.69, 9.17) is 4.74 Å². The SMILES string of the molecule is CCC(CC)(c1ccc(CC[C@@H](O)C(C)(C)C)c(C)c1)c1ccc(OCC(=O)NC(CC(C)C)C(=O)O)c(C)c1. The highest BCUT2D eigenvalue weighted by Crippen LogP contribution is 2.41. The molecule has 6 nitrogen and oxygen atoms in total. The summed E-state index contributed by atoms with van der Waals surface area (Å²) < 4.78 is 5.80. The van der Waals surface area contributed by atoms with Crippen molar-refractivity contribution >= 4 is 11.9 Å². The maximum absolute atomic E-state index is 12.4. The second kappa shape index (κ2) is 14.2. The molecule has 1 amide bonds. The van der Waals surface area contributed by atoms with Gasteiger partial charge in [0.05, 0.1) is 6.10 Å². The summed E-state index contributed by atoms with van der Waals surface area (Å²) in [6.07, 6.45) is 3.47. The number of hydrogen-bond donors (Lipinski definition) is 3. The van der Waals surface area contributed by atoms with Gasteiger partial charge in [0.2, 0.25) is 0 Å². The Morgan fingerprint density at radius 1 is 0.950 bits per heavy atom. The first-order valence-electron chi connectivity index (χ1n) is 14.7. The van der Waals surface area contributed by atoms with Crippen molar-refractivity contribution in [1.82, 2.24) is 5.32 Å². The Kier molecular flexibility index (Phi) is 11.8. The molecule has 2 aromatic rings. The number of carboxylic acids is 1. The van der Waals surface area contributed by atoms with E-state index in [-0.39, 0.29) is 29.5 Å². The quantitative estimate of drug-likeness (QED) is 0.241. The molecule has 0 aliphatic carbocycles. The standard InChI is InChI=1S/C34H51NO5/c1-10-34(11-2,26-14-12-25(23(5)19-26)13-17-30(36)33(7,8)9)27-15-16-29(24(6)20-27)40-21-31(37)35-28(32(38)39)18-22(3)4/h12,14-16,19-20,22,28,30,36H,10-11,13,17-18,21H2,1-9H3,(H,35,37)(H,38,39)/t28?,30-/m1/s1. The molecule has 40 heavy (non-hydrogen) atoms. The molecule has 0 fully saturated rings. The molecular formula is C34H51NO5. The Morgan fingerprint density at radius 2 is 1.52 bits per heavy atom. The van der Waals surface area contributed by atoms with E-state index in [1.807, 2.05) is 26.8 Å². The number of aliphatic carboxylic acids is 1. The van der Waals surface area contributed by atoms with E-state index < -0.39 is 17.9 Å². The Morgan fingerprint density at radius 3 is 2.00 bits per heavy atom. The van der Waals surface area contributed by atoms with Crippen LogP contribution >= 0.6 is 0 Å². The third-order valence-corrected chi connectivity index (χ3v) is 8.22. The van der Waals surface area contributed by atoms with E-state index in [2.05, 4.69) is 77.2 Å². The molecule has 0 aliphatic heterocycles. The molecule has 2 rings (SSSR count). The lowest BCUT2D eigenvalue weighted by atomic mass is 9.69. The van der Waals surface area contributed by atoms with Gasteiger partial charge in [-0.05, 0) is 91.2 Å². The molecule has 6 heteroatoms. The fourth-order valence-electron chi connectivity index (χ4n) is 5.41. The van der Waals surface area contributed by atoms with Crippen LogP contribution in [-0.4, -0.2) is 40.8 Å². The molecule has 0 aromatic heterocycles. The van der Waals surface area contributed by atoms with E-state index >= 15 is 0 Å². The lowest BCUT2D eigenvalue weighted by Gasteiger charge is -2.34. The molecule has 0 heterocycles. The number of hydrogen-bond acceptors (Lipinski definition) is 4. The number of carboxylic acid groups (broad SMARTS) is 1. The summed E-state index contributed by atoms with van der Waals surface area (Å²) in [5.74, 6) is -0.724. The van der Waals surface area contributed by atoms with Gasteiger partial charge in [-0.1, -0.05) is 78.8 Å². The van der Waals surface area contributed by atoms with Gasteiger partial charge < -0.3 is 20.3 Å². The van der Waals surface area contributed by atoms with Crippen LogP contribution < -0.4 is 10.1 Å². The summed E-state index contributed by atoms with van der Waals surface area (Å²) in [4.78, 5) is 23.9. The molecule has 0 saturated heterocycles. The van der Waals surface area contributed by atoms with Crippen LogP contribution in [-0.2, 0) is 21.4 Å². The van der Waals surface area contributed by atoms with Crippen LogP contribution in [0.4, 0.5) is 0 Å². The van der Waals surface area contributed by atoms with E-state index in [9.17, 15) is 19.8 Å². The Bertz CT molecular complexity index is 1140. The van der Waals surface area contributed by atoms with Crippen LogP contribution in [0.5, 0.6) is 5.75 Å². The fraction of sp³-hybridized carbons (Fsp3) is 0.588. The summed E-state index contributed by atoms with van der Waals surface area (Å²) in [6.45, 7) is 18.4. The highest BCUT2D eigenvalue weighted by atomic mass is 16.5. The van der Waals surface area contributed by atoms with Crippen LogP contribution in [0.2, 0.25) is 0 Å². The summed E-state index contributed by atoms with van der Waals surface area (Å²) in [7, 11) is 0. The van der Waals surface area contributed by atoms with Crippen LogP contribution in [0.15, 0.2) is 36.4 Å². The van der Waals surface area contributed by atoms with Crippen molar-refractivity contribution in [1.29, 1.82) is 0 Å². The molecule has 3 N–H and O–H groups in total. The summed E-state index contributed by atoms with van der Waals surface area (Å²) in [6, 6.07) is 12.0. The van der Waals surface area contributed by atoms with Gasteiger partial charge in [0.25, 0.3) is 5.91 Å². The minimum atomic E-state index is -1.04. The number of ether oxygens (including phenoxy) is 1. The van der Waals surface area contributed by atoms with Gasteiger partial charge in [0.1, 0.15) is 11.8 Å². The van der Waals surface area contributed by atoms with Crippen molar-refractivity contribution in [2.24, 2.45) is 11.3 Å². The predicted octanol–water partition coefficient (Wildman–Crippen LogP) is 6.74. The zero-order chi connectivity index (χ0) is 30.3. The van der Waals surface area contributed by atoms with Crippen molar-refractivity contribution in [2.45, 2.75) is 112 Å². The number of aliphatic hydroxyl groups is 1. The van der Waals surface area contributed by atoms with Crippen molar-refractivity contribution in [3.8, 4) is 5.75 Å². The number of rotatable bonds is 14. The highest BCUT2D eigenvalue weighted by molar-refractivity contribution is 5.84. The smallest absolute Gasteiger partial charge is 0.326 e. The van der Waals surface area contributed by atoms with Gasteiger partial charge in [-0.15, -0.1) is 0 Å². The zero-order valence-electron chi connectivity index (χ0n) is 26.1. The third-order valence-electron chi connectivity index (χ3n) is 8.22. The minimum absolute atomic E-state index is 0.125. The first-order chi connectivity index (χ1) is 18.6. The first kappa shape index (κ1) is 33.3. The monoisotopic (exact) mass is 553 g/mol. The molecule has 0 bridgehead atoms. The number of carbonyl (C=O) groups is 2. The summed E-state index contributed by atoms with van der Waals surface area (Å²) in [5, 5.41) is 22.5. The Hall–Kier alpha value is -2.86. The first-order valence-corrected chi connectivity index (χ1v) is 14.7. The van der Waals surface area contributed by atoms with Gasteiger partial charge in [-0.2, -0.15) is 0 Å². The number of benzene rings is 2. The molecule has 0 aliphatic rings. The lowest BCUT2D eigenvalue weighted by Crippen LogP contribution is -2.43. The number of amides is 1. The van der Waals surface area contributed by atoms with E-state index in [0.29, 0.717) is 12.2 Å². The maximum Gasteiger partial charge on any atom is 0.326 e. The molecule has 2 aromatic carbocycles. The number of carbonyl (C=O) groups excluding carboxylic acids is 1. The Balaban J connectivity index is 2.21. The van der Waals surface area contributed by atoms with Crippen molar-refractivity contribution in [3.05, 3.63) is 64.2 Å².